The van der Waals surface area contributed by atoms with Gasteiger partial charge in [-0.1, -0.05) is 87.5 Å². The molecule has 4 heterocycles. The van der Waals surface area contributed by atoms with E-state index in [1.165, 1.54) is 10.8 Å². The number of ether oxygens (including phenoxy) is 3. The van der Waals surface area contributed by atoms with Crippen LogP contribution in [0.25, 0.3) is 10.8 Å². The summed E-state index contributed by atoms with van der Waals surface area (Å²) in [7, 11) is -2.14. The number of aromatic nitrogens is 2. The first-order valence-electron chi connectivity index (χ1n) is 21.5. The second-order valence-corrected chi connectivity index (χ2v) is 23.7. The van der Waals surface area contributed by atoms with Crippen molar-refractivity contribution in [1.29, 1.82) is 5.26 Å². The molecule has 0 bridgehead atoms. The van der Waals surface area contributed by atoms with Crippen LogP contribution in [-0.2, 0) is 33.5 Å². The van der Waals surface area contributed by atoms with Crippen molar-refractivity contribution in [3.05, 3.63) is 89.6 Å². The smallest absolute Gasteiger partial charge is 0.410 e. The number of hydrogen-bond donors (Lipinski definition) is 0. The summed E-state index contributed by atoms with van der Waals surface area (Å²) in [4.78, 5) is 45.2. The predicted octanol–water partition coefficient (Wildman–Crippen LogP) is 8.71. The molecule has 0 aliphatic carbocycles. The quantitative estimate of drug-likeness (QED) is 0.142. The molecule has 0 spiro atoms. The summed E-state index contributed by atoms with van der Waals surface area (Å²) in [6.45, 7) is 20.0. The molecule has 2 saturated heterocycles. The van der Waals surface area contributed by atoms with E-state index in [-0.39, 0.29) is 42.8 Å². The van der Waals surface area contributed by atoms with Crippen LogP contribution < -0.4 is 14.5 Å². The van der Waals surface area contributed by atoms with E-state index in [1.807, 2.05) is 51.1 Å². The number of carbonyl (C=O) groups is 2. The summed E-state index contributed by atoms with van der Waals surface area (Å²) in [6.07, 6.45) is 0.426. The predicted molar refractivity (Wildman–Crippen MR) is 239 cm³/mol. The molecule has 3 aliphatic rings. The molecule has 2 fully saturated rings. The van der Waals surface area contributed by atoms with Gasteiger partial charge in [0.15, 0.2) is 8.32 Å². The van der Waals surface area contributed by atoms with E-state index in [0.29, 0.717) is 45.6 Å². The number of nitrogens with zero attached hydrogens (tertiary/aromatic N) is 7. The summed E-state index contributed by atoms with van der Waals surface area (Å²) in [5.41, 5.74) is 3.25. The maximum absolute atomic E-state index is 13.7. The van der Waals surface area contributed by atoms with E-state index in [2.05, 4.69) is 92.2 Å². The number of rotatable bonds is 10. The molecule has 61 heavy (non-hydrogen) atoms. The molecular formula is C47H61N7O6Si. The largest absolute Gasteiger partial charge is 0.461 e. The molecule has 3 atom stereocenters. The number of nitriles is 1. The number of carbonyl (C=O) groups excluding carboxylic acids is 2. The fourth-order valence-electron chi connectivity index (χ4n) is 8.20. The lowest BCUT2D eigenvalue weighted by Crippen LogP contribution is -2.55. The lowest BCUT2D eigenvalue weighted by molar-refractivity contribution is 0.0171. The lowest BCUT2D eigenvalue weighted by Gasteiger charge is -2.42. The van der Waals surface area contributed by atoms with Crippen molar-refractivity contribution < 1.29 is 28.2 Å². The van der Waals surface area contributed by atoms with Crippen LogP contribution in [0.3, 0.4) is 0 Å². The molecule has 324 valence electrons. The maximum atomic E-state index is 13.7. The van der Waals surface area contributed by atoms with Crippen molar-refractivity contribution in [2.45, 2.75) is 116 Å². The van der Waals surface area contributed by atoms with Gasteiger partial charge < -0.3 is 33.3 Å². The number of piperazine rings is 1. The van der Waals surface area contributed by atoms with Crippen LogP contribution in [0.5, 0.6) is 6.01 Å². The van der Waals surface area contributed by atoms with E-state index in [4.69, 9.17) is 28.6 Å². The highest BCUT2D eigenvalue weighted by molar-refractivity contribution is 6.74. The maximum Gasteiger partial charge on any atom is 0.410 e. The minimum atomic E-state index is -2.14. The number of amides is 2. The van der Waals surface area contributed by atoms with Crippen LogP contribution >= 0.6 is 0 Å². The van der Waals surface area contributed by atoms with Gasteiger partial charge in [0.2, 0.25) is 0 Å². The fourth-order valence-corrected chi connectivity index (χ4v) is 9.56. The number of anilines is 2. The summed E-state index contributed by atoms with van der Waals surface area (Å²) < 4.78 is 25.0. The van der Waals surface area contributed by atoms with Crippen LogP contribution in [-0.4, -0.2) is 103 Å². The third kappa shape index (κ3) is 10.2. The van der Waals surface area contributed by atoms with Crippen molar-refractivity contribution in [3.63, 3.8) is 0 Å². The van der Waals surface area contributed by atoms with Gasteiger partial charge in [-0.2, -0.15) is 15.2 Å². The SMILES string of the molecule is CC(C)(C)OC(=O)N1C[C@H](O[Si](C)(C)C(C)(C)C)C[C@@H]1COc1nc2c(c(N3CCN(C(=O)OCc4ccccc4)[C@H](CC#N)C3)n1)CCN(c1cccc3ccccc13)C2. The molecule has 3 aromatic carbocycles. The van der Waals surface area contributed by atoms with Crippen molar-refractivity contribution in [2.75, 3.05) is 49.1 Å². The molecule has 0 saturated carbocycles. The zero-order chi connectivity index (χ0) is 43.5. The van der Waals surface area contributed by atoms with Crippen LogP contribution in [0, 0.1) is 11.3 Å². The highest BCUT2D eigenvalue weighted by Crippen LogP contribution is 2.40. The Balaban J connectivity index is 1.17. The highest BCUT2D eigenvalue weighted by atomic mass is 28.4. The van der Waals surface area contributed by atoms with Crippen molar-refractivity contribution >= 4 is 42.8 Å². The van der Waals surface area contributed by atoms with Gasteiger partial charge in [-0.25, -0.2) is 9.59 Å². The molecular weight excluding hydrogens is 787 g/mol. The Hall–Kier alpha value is -5.39. The van der Waals surface area contributed by atoms with Gasteiger partial charge >= 0.3 is 18.2 Å². The summed E-state index contributed by atoms with van der Waals surface area (Å²) in [5.74, 6) is 0.743. The van der Waals surface area contributed by atoms with Gasteiger partial charge in [-0.3, -0.25) is 4.90 Å². The molecule has 1 aromatic heterocycles. The van der Waals surface area contributed by atoms with Gasteiger partial charge in [-0.05, 0) is 68.8 Å². The van der Waals surface area contributed by atoms with Crippen LogP contribution in [0.15, 0.2) is 72.8 Å². The van der Waals surface area contributed by atoms with Crippen molar-refractivity contribution in [3.8, 4) is 12.1 Å². The van der Waals surface area contributed by atoms with E-state index in [9.17, 15) is 14.9 Å². The van der Waals surface area contributed by atoms with E-state index in [1.54, 1.807) is 9.80 Å². The summed E-state index contributed by atoms with van der Waals surface area (Å²) in [6, 6.07) is 26.1. The molecule has 14 heteroatoms. The zero-order valence-electron chi connectivity index (χ0n) is 37.0. The molecule has 13 nitrogen and oxygen atoms in total. The Kier molecular flexibility index (Phi) is 12.8. The first kappa shape index (κ1) is 43.7. The molecule has 4 aromatic rings. The van der Waals surface area contributed by atoms with E-state index in [0.717, 1.165) is 34.9 Å². The molecule has 7 rings (SSSR count). The average Bonchev–Trinajstić information content (AvgIpc) is 3.62. The summed E-state index contributed by atoms with van der Waals surface area (Å²) in [5, 5.41) is 12.3. The van der Waals surface area contributed by atoms with Crippen LogP contribution in [0.1, 0.15) is 71.2 Å². The zero-order valence-corrected chi connectivity index (χ0v) is 38.0. The first-order chi connectivity index (χ1) is 29.0. The van der Waals surface area contributed by atoms with Gasteiger partial charge in [-0.15, -0.1) is 0 Å². The van der Waals surface area contributed by atoms with Gasteiger partial charge in [0.25, 0.3) is 0 Å². The average molecular weight is 848 g/mol. The monoisotopic (exact) mass is 847 g/mol. The fraction of sp³-hybridized carbons (Fsp3) is 0.511. The Morgan fingerprint density at radius 3 is 2.31 bits per heavy atom. The Morgan fingerprint density at radius 1 is 0.836 bits per heavy atom. The molecule has 0 unspecified atom stereocenters. The Bertz CT molecular complexity index is 2230. The molecule has 2 amide bonds. The van der Waals surface area contributed by atoms with Crippen LogP contribution in [0.2, 0.25) is 18.1 Å². The number of hydrogen-bond acceptors (Lipinski definition) is 11. The van der Waals surface area contributed by atoms with E-state index >= 15 is 0 Å². The standard InChI is InChI=1S/C47H61N7O6Si/c1-46(2,3)59-45(56)54-29-37(60-61(7,8)47(4,5)6)27-36(54)32-57-43-49-40-30-51(41-20-14-18-34-17-12-13-19-38(34)41)24-22-39(40)42(50-43)52-25-26-53(35(28-52)21-23-48)44(55)58-31-33-15-10-9-11-16-33/h9-20,35-37H,21-22,24-32H2,1-8H3/t35-,36-,37-/m1/s1. The first-order valence-corrected chi connectivity index (χ1v) is 24.4. The Morgan fingerprint density at radius 2 is 1.57 bits per heavy atom. The third-order valence-corrected chi connectivity index (χ3v) is 16.9. The second kappa shape index (κ2) is 17.9. The second-order valence-electron chi connectivity index (χ2n) is 19.0. The van der Waals surface area contributed by atoms with Gasteiger partial charge in [0, 0.05) is 49.4 Å². The minimum absolute atomic E-state index is 0.00579. The highest BCUT2D eigenvalue weighted by Gasteiger charge is 2.45. The lowest BCUT2D eigenvalue weighted by atomic mass is 10.0. The van der Waals surface area contributed by atoms with Crippen molar-refractivity contribution in [1.82, 2.24) is 19.8 Å². The third-order valence-electron chi connectivity index (χ3n) is 12.4. The topological polar surface area (TPSA) is 134 Å². The van der Waals surface area contributed by atoms with Gasteiger partial charge in [0.05, 0.1) is 42.9 Å². The number of likely N-dealkylation sites (tertiary alicyclic amines) is 1. The molecule has 0 radical (unpaired) electrons. The van der Waals surface area contributed by atoms with E-state index < -0.39 is 32.1 Å². The van der Waals surface area contributed by atoms with Gasteiger partial charge in [0.1, 0.15) is 24.6 Å². The normalized spacial score (nSPS) is 19.7. The summed E-state index contributed by atoms with van der Waals surface area (Å²) >= 11 is 0. The minimum Gasteiger partial charge on any atom is -0.461 e. The Labute approximate surface area is 361 Å². The molecule has 3 aliphatic heterocycles. The van der Waals surface area contributed by atoms with Crippen LogP contribution in [0.4, 0.5) is 21.1 Å². The number of fused-ring (bicyclic) bond motifs is 2. The molecule has 0 N–H and O–H groups in total. The van der Waals surface area contributed by atoms with Crippen molar-refractivity contribution in [2.24, 2.45) is 0 Å². The number of benzene rings is 3.